The van der Waals surface area contributed by atoms with Crippen molar-refractivity contribution < 1.29 is 98.7 Å². The molecule has 13 heteroatoms. The van der Waals surface area contributed by atoms with Crippen LogP contribution in [0.5, 0.6) is 0 Å². The van der Waals surface area contributed by atoms with Gasteiger partial charge in [-0.15, -0.1) is 0 Å². The van der Waals surface area contributed by atoms with Crippen LogP contribution in [0.15, 0.2) is 0 Å². The van der Waals surface area contributed by atoms with Crippen molar-refractivity contribution in [2.45, 2.75) is 231 Å². The molecule has 0 aromatic carbocycles. The van der Waals surface area contributed by atoms with Gasteiger partial charge in [0.15, 0.2) is 0 Å². The molecule has 0 spiro atoms. The molecule has 0 aromatic heterocycles. The third kappa shape index (κ3) is 150. The summed E-state index contributed by atoms with van der Waals surface area (Å²) in [5.74, 6) is 0.271. The third-order valence-electron chi connectivity index (χ3n) is 4.99. The minimum atomic E-state index is -0.500. The Morgan fingerprint density at radius 2 is 0.456 bits per heavy atom. The Kier molecular flexibility index (Phi) is 67.1. The first kappa shape index (κ1) is 81.0. The molecule has 0 aromatic rings. The zero-order chi connectivity index (χ0) is 46.4. The van der Waals surface area contributed by atoms with E-state index >= 15 is 0 Å². The molecular formula is C44H98O11Ti2. The summed E-state index contributed by atoms with van der Waals surface area (Å²) in [7, 11) is 0. The van der Waals surface area contributed by atoms with Gasteiger partial charge in [-0.05, 0) is 142 Å². The molecule has 348 valence electrons. The van der Waals surface area contributed by atoms with Crippen LogP contribution in [-0.4, -0.2) is 106 Å². The molecule has 0 bridgehead atoms. The van der Waals surface area contributed by atoms with Crippen molar-refractivity contribution in [3.05, 3.63) is 0 Å². The quantitative estimate of drug-likeness (QED) is 0.0738. The van der Waals surface area contributed by atoms with Gasteiger partial charge in [0.25, 0.3) is 0 Å². The van der Waals surface area contributed by atoms with E-state index in [0.717, 1.165) is 38.5 Å². The molecule has 0 aliphatic heterocycles. The van der Waals surface area contributed by atoms with E-state index < -0.39 is 28.0 Å². The molecule has 57 heavy (non-hydrogen) atoms. The summed E-state index contributed by atoms with van der Waals surface area (Å²) in [5.41, 5.74) is -2.50. The largest absolute Gasteiger partial charge is 0.396 e. The molecule has 0 rings (SSSR count). The standard InChI is InChI=1S/3C8H16O2.5C4H10O.2Ti/c3*1-3-5-8(10)7(4-2)6-9;5*1-4(2,3)5;;/h3*7,9H,3-6H2,1-2H3;5*5H,1-3H3;;. The minimum absolute atomic E-state index is 0. The van der Waals surface area contributed by atoms with E-state index in [1.54, 1.807) is 104 Å². The molecule has 0 radical (unpaired) electrons. The van der Waals surface area contributed by atoms with Gasteiger partial charge in [0.1, 0.15) is 17.3 Å². The first-order valence-corrected chi connectivity index (χ1v) is 20.3. The fraction of sp³-hybridized carbons (Fsp3) is 0.932. The summed E-state index contributed by atoms with van der Waals surface area (Å²) in [5, 5.41) is 68.7. The molecule has 0 heterocycles. The van der Waals surface area contributed by atoms with E-state index in [2.05, 4.69) is 0 Å². The SMILES string of the molecule is CC(C)(C)O.CC(C)(C)O.CC(C)(C)O.CC(C)(C)O.CC(C)(C)O.CCCC(=O)C(CC)CO.CCCC(=O)C(CC)CO.CCCC(=O)C(CC)CO.[Ti].[Ti]. The molecule has 0 saturated carbocycles. The Hall–Kier alpha value is 0.119. The number of carbonyl (C=O) groups excluding carboxylic acids is 3. The second kappa shape index (κ2) is 47.2. The van der Waals surface area contributed by atoms with Crippen molar-refractivity contribution in [3.63, 3.8) is 0 Å². The number of Topliss-reactive ketones (excluding diaryl/α,β-unsaturated/α-hetero) is 3. The molecule has 0 amide bonds. The minimum Gasteiger partial charge on any atom is -0.396 e. The van der Waals surface area contributed by atoms with E-state index in [4.69, 9.17) is 40.9 Å². The second-order valence-electron chi connectivity index (χ2n) is 18.4. The Balaban J connectivity index is -0.0000000563. The summed E-state index contributed by atoms with van der Waals surface area (Å²) >= 11 is 0. The Morgan fingerprint density at radius 3 is 0.509 bits per heavy atom. The monoisotopic (exact) mass is 899 g/mol. The van der Waals surface area contributed by atoms with Gasteiger partial charge in [-0.1, -0.05) is 41.5 Å². The number of hydrogen-bond acceptors (Lipinski definition) is 11. The van der Waals surface area contributed by atoms with Crippen LogP contribution >= 0.6 is 0 Å². The maximum atomic E-state index is 11.0. The molecule has 0 saturated heterocycles. The smallest absolute Gasteiger partial charge is 0.138 e. The van der Waals surface area contributed by atoms with Gasteiger partial charge >= 0.3 is 0 Å². The zero-order valence-corrected chi connectivity index (χ0v) is 44.1. The van der Waals surface area contributed by atoms with Gasteiger partial charge in [-0.3, -0.25) is 14.4 Å². The van der Waals surface area contributed by atoms with E-state index in [0.29, 0.717) is 19.3 Å². The van der Waals surface area contributed by atoms with Crippen molar-refractivity contribution in [3.8, 4) is 0 Å². The number of rotatable bonds is 15. The summed E-state index contributed by atoms with van der Waals surface area (Å²) in [6, 6.07) is 0. The fourth-order valence-electron chi connectivity index (χ4n) is 2.73. The summed E-state index contributed by atoms with van der Waals surface area (Å²) in [6.45, 7) is 37.9. The normalized spacial score (nSPS) is 12.2. The average Bonchev–Trinajstić information content (AvgIpc) is 2.92. The van der Waals surface area contributed by atoms with Crippen LogP contribution in [0.2, 0.25) is 0 Å². The first-order valence-electron chi connectivity index (χ1n) is 20.3. The fourth-order valence-corrected chi connectivity index (χ4v) is 2.73. The second-order valence-corrected chi connectivity index (χ2v) is 18.4. The summed E-state index contributed by atoms with van der Waals surface area (Å²) < 4.78 is 0. The number of hydrogen-bond donors (Lipinski definition) is 8. The number of aliphatic hydroxyl groups excluding tert-OH is 3. The topological polar surface area (TPSA) is 213 Å². The summed E-state index contributed by atoms with van der Waals surface area (Å²) in [6.07, 6.45) is 6.76. The van der Waals surface area contributed by atoms with Crippen molar-refractivity contribution in [1.29, 1.82) is 0 Å². The van der Waals surface area contributed by atoms with Crippen molar-refractivity contribution in [2.75, 3.05) is 19.8 Å². The van der Waals surface area contributed by atoms with Crippen LogP contribution < -0.4 is 0 Å². The number of ketones is 3. The Bertz CT molecular complexity index is 662. The van der Waals surface area contributed by atoms with Crippen LogP contribution in [0.4, 0.5) is 0 Å². The van der Waals surface area contributed by atoms with Crippen LogP contribution in [-0.2, 0) is 57.8 Å². The molecule has 3 unspecified atom stereocenters. The van der Waals surface area contributed by atoms with Crippen molar-refractivity contribution in [2.24, 2.45) is 17.8 Å². The van der Waals surface area contributed by atoms with E-state index in [1.807, 2.05) is 41.5 Å². The van der Waals surface area contributed by atoms with Gasteiger partial charge in [-0.2, -0.15) is 0 Å². The van der Waals surface area contributed by atoms with Gasteiger partial charge in [0.2, 0.25) is 0 Å². The predicted molar refractivity (Wildman–Crippen MR) is 232 cm³/mol. The number of carbonyl (C=O) groups is 3. The molecule has 0 fully saturated rings. The van der Waals surface area contributed by atoms with Gasteiger partial charge in [-0.25, -0.2) is 0 Å². The predicted octanol–water partition coefficient (Wildman–Crippen LogP) is 8.00. The first-order chi connectivity index (χ1) is 24.3. The van der Waals surface area contributed by atoms with Crippen molar-refractivity contribution >= 4 is 17.3 Å². The molecule has 0 aliphatic carbocycles. The molecule has 11 nitrogen and oxygen atoms in total. The molecule has 3 atom stereocenters. The molecule has 8 N–H and O–H groups in total. The van der Waals surface area contributed by atoms with E-state index in [1.165, 1.54) is 0 Å². The van der Waals surface area contributed by atoms with E-state index in [9.17, 15) is 14.4 Å². The maximum Gasteiger partial charge on any atom is 0.138 e. The molecule has 0 aliphatic rings. The Labute approximate surface area is 382 Å². The van der Waals surface area contributed by atoms with Crippen LogP contribution in [0, 0.1) is 17.8 Å². The maximum absolute atomic E-state index is 11.0. The Morgan fingerprint density at radius 1 is 0.351 bits per heavy atom. The third-order valence-corrected chi connectivity index (χ3v) is 4.99. The van der Waals surface area contributed by atoms with Crippen molar-refractivity contribution in [1.82, 2.24) is 0 Å². The van der Waals surface area contributed by atoms with Crippen LogP contribution in [0.3, 0.4) is 0 Å². The van der Waals surface area contributed by atoms with Crippen LogP contribution in [0.25, 0.3) is 0 Å². The number of aliphatic hydroxyl groups is 8. The summed E-state index contributed by atoms with van der Waals surface area (Å²) in [4.78, 5) is 33.1. The zero-order valence-electron chi connectivity index (χ0n) is 41.0. The average molecular weight is 899 g/mol. The van der Waals surface area contributed by atoms with E-state index in [-0.39, 0.29) is 98.4 Å². The molecular weight excluding hydrogens is 800 g/mol. The van der Waals surface area contributed by atoms with Gasteiger partial charge in [0, 0.05) is 80.5 Å². The van der Waals surface area contributed by atoms with Gasteiger partial charge in [0.05, 0.1) is 47.8 Å². The van der Waals surface area contributed by atoms with Crippen LogP contribution in [0.1, 0.15) is 203 Å². The van der Waals surface area contributed by atoms with Gasteiger partial charge < -0.3 is 40.9 Å².